The van der Waals surface area contributed by atoms with E-state index in [1.807, 2.05) is 48.5 Å². The maximum absolute atomic E-state index is 13.5. The van der Waals surface area contributed by atoms with Crippen LogP contribution in [0.25, 0.3) is 6.08 Å². The van der Waals surface area contributed by atoms with Gasteiger partial charge in [-0.05, 0) is 58.8 Å². The fourth-order valence-corrected chi connectivity index (χ4v) is 5.55. The van der Waals surface area contributed by atoms with Gasteiger partial charge in [-0.15, -0.1) is 0 Å². The molecule has 2 aliphatic heterocycles. The molecule has 3 amide bonds. The van der Waals surface area contributed by atoms with Crippen molar-refractivity contribution in [2.24, 2.45) is 0 Å². The van der Waals surface area contributed by atoms with Gasteiger partial charge in [0.1, 0.15) is 12.3 Å². The Balaban J connectivity index is 1.52. The number of methoxy groups -OCH3 is 1. The molecule has 0 unspecified atom stereocenters. The van der Waals surface area contributed by atoms with Crippen LogP contribution in [0.5, 0.6) is 5.75 Å². The molecule has 2 aromatic rings. The van der Waals surface area contributed by atoms with E-state index in [1.165, 1.54) is 16.7 Å². The second kappa shape index (κ2) is 11.2. The highest BCUT2D eigenvalue weighted by atomic mass is 79.9. The third kappa shape index (κ3) is 5.65. The highest BCUT2D eigenvalue weighted by Crippen LogP contribution is 2.42. The maximum atomic E-state index is 13.5. The van der Waals surface area contributed by atoms with Crippen molar-refractivity contribution < 1.29 is 23.9 Å². The number of anilines is 1. The molecule has 0 spiro atoms. The van der Waals surface area contributed by atoms with E-state index >= 15 is 0 Å². The number of benzene rings is 2. The molecule has 0 aromatic heterocycles. The smallest absolute Gasteiger partial charge is 0.409 e. The molecule has 0 atom stereocenters. The first-order chi connectivity index (χ1) is 16.9. The zero-order valence-corrected chi connectivity index (χ0v) is 21.9. The molecular formula is C25H26BrN3O5S. The number of hydrogen-bond donors (Lipinski definition) is 0. The lowest BCUT2D eigenvalue weighted by Crippen LogP contribution is -2.53. The van der Waals surface area contributed by atoms with Crippen molar-refractivity contribution in [1.29, 1.82) is 0 Å². The maximum Gasteiger partial charge on any atom is 0.409 e. The fourth-order valence-electron chi connectivity index (χ4n) is 3.93. The Labute approximate surface area is 217 Å². The Hall–Kier alpha value is -2.98. The van der Waals surface area contributed by atoms with Gasteiger partial charge in [-0.2, -0.15) is 0 Å². The molecule has 2 aromatic carbocycles. The van der Waals surface area contributed by atoms with Gasteiger partial charge in [0.2, 0.25) is 5.91 Å². The van der Waals surface area contributed by atoms with Gasteiger partial charge in [-0.25, -0.2) is 4.79 Å². The largest absolute Gasteiger partial charge is 0.496 e. The van der Waals surface area contributed by atoms with Crippen LogP contribution in [0.1, 0.15) is 12.5 Å². The van der Waals surface area contributed by atoms with Crippen molar-refractivity contribution in [3.8, 4) is 5.75 Å². The molecule has 184 valence electrons. The summed E-state index contributed by atoms with van der Waals surface area (Å²) >= 11 is 4.88. The van der Waals surface area contributed by atoms with E-state index in [1.54, 1.807) is 23.8 Å². The highest BCUT2D eigenvalue weighted by molar-refractivity contribution is 9.10. The first-order valence-electron chi connectivity index (χ1n) is 11.2. The van der Waals surface area contributed by atoms with Crippen LogP contribution in [-0.2, 0) is 14.3 Å². The number of rotatable bonds is 5. The number of ether oxygens (including phenoxy) is 2. The summed E-state index contributed by atoms with van der Waals surface area (Å²) in [7, 11) is 1.60. The average molecular weight is 560 g/mol. The number of amides is 3. The van der Waals surface area contributed by atoms with Gasteiger partial charge in [0.05, 0.1) is 28.8 Å². The summed E-state index contributed by atoms with van der Waals surface area (Å²) in [6, 6.07) is 13.2. The van der Waals surface area contributed by atoms with Gasteiger partial charge in [0.15, 0.2) is 0 Å². The van der Waals surface area contributed by atoms with Crippen molar-refractivity contribution in [1.82, 2.24) is 9.80 Å². The standard InChI is InChI=1S/C25H26BrN3O5S/c1-3-34-25(32)28-12-10-27(11-13-28)23(30)16-29-19-6-4-5-7-21(19)35-22(24(29)31)15-17-8-9-20(33-2)18(26)14-17/h4-9,14-15H,3,10-13,16H2,1-2H3/b22-15-. The van der Waals surface area contributed by atoms with E-state index in [0.29, 0.717) is 49.1 Å². The number of fused-ring (bicyclic) bond motifs is 1. The molecule has 35 heavy (non-hydrogen) atoms. The van der Waals surface area contributed by atoms with Gasteiger partial charge in [0, 0.05) is 31.1 Å². The van der Waals surface area contributed by atoms with Gasteiger partial charge >= 0.3 is 6.09 Å². The van der Waals surface area contributed by atoms with Crippen molar-refractivity contribution in [2.45, 2.75) is 11.8 Å². The molecule has 2 aliphatic rings. The number of thioether (sulfide) groups is 1. The molecule has 1 saturated heterocycles. The first-order valence-corrected chi connectivity index (χ1v) is 12.9. The number of hydrogen-bond acceptors (Lipinski definition) is 6. The Kier molecular flexibility index (Phi) is 8.02. The van der Waals surface area contributed by atoms with Gasteiger partial charge in [0.25, 0.3) is 5.91 Å². The average Bonchev–Trinajstić information content (AvgIpc) is 2.87. The molecule has 1 fully saturated rings. The van der Waals surface area contributed by atoms with Crippen molar-refractivity contribution in [2.75, 3.05) is 51.3 Å². The Morgan fingerprint density at radius 3 is 2.49 bits per heavy atom. The van der Waals surface area contributed by atoms with Crippen LogP contribution in [0.2, 0.25) is 0 Å². The van der Waals surface area contributed by atoms with Crippen LogP contribution in [-0.4, -0.2) is 74.1 Å². The zero-order chi connectivity index (χ0) is 24.9. The predicted octanol–water partition coefficient (Wildman–Crippen LogP) is 4.24. The summed E-state index contributed by atoms with van der Waals surface area (Å²) < 4.78 is 11.1. The fraction of sp³-hybridized carbons (Fsp3) is 0.320. The van der Waals surface area contributed by atoms with E-state index in [2.05, 4.69) is 15.9 Å². The Morgan fingerprint density at radius 2 is 1.80 bits per heavy atom. The molecule has 0 saturated carbocycles. The van der Waals surface area contributed by atoms with Crippen LogP contribution in [0.4, 0.5) is 10.5 Å². The van der Waals surface area contributed by atoms with Crippen LogP contribution in [0.3, 0.4) is 0 Å². The lowest BCUT2D eigenvalue weighted by molar-refractivity contribution is -0.132. The Bertz CT molecular complexity index is 1160. The molecule has 0 N–H and O–H groups in total. The molecule has 0 radical (unpaired) electrons. The number of carbonyl (C=O) groups excluding carboxylic acids is 3. The number of halogens is 1. The van der Waals surface area contributed by atoms with Gasteiger partial charge in [-0.3, -0.25) is 14.5 Å². The van der Waals surface area contributed by atoms with E-state index in [9.17, 15) is 14.4 Å². The minimum Gasteiger partial charge on any atom is -0.496 e. The quantitative estimate of drug-likeness (QED) is 0.510. The summed E-state index contributed by atoms with van der Waals surface area (Å²) in [5.74, 6) is 0.324. The van der Waals surface area contributed by atoms with E-state index in [-0.39, 0.29) is 24.5 Å². The molecule has 4 rings (SSSR count). The topological polar surface area (TPSA) is 79.4 Å². The monoisotopic (exact) mass is 559 g/mol. The summed E-state index contributed by atoms with van der Waals surface area (Å²) in [5.41, 5.74) is 1.56. The van der Waals surface area contributed by atoms with E-state index in [4.69, 9.17) is 9.47 Å². The molecule has 0 aliphatic carbocycles. The van der Waals surface area contributed by atoms with Crippen LogP contribution in [0.15, 0.2) is 56.7 Å². The van der Waals surface area contributed by atoms with E-state index < -0.39 is 0 Å². The predicted molar refractivity (Wildman–Crippen MR) is 138 cm³/mol. The minimum atomic E-state index is -0.364. The van der Waals surface area contributed by atoms with Crippen molar-refractivity contribution in [3.05, 3.63) is 57.4 Å². The Morgan fingerprint density at radius 1 is 1.09 bits per heavy atom. The zero-order valence-electron chi connectivity index (χ0n) is 19.5. The van der Waals surface area contributed by atoms with E-state index in [0.717, 1.165) is 14.9 Å². The lowest BCUT2D eigenvalue weighted by Gasteiger charge is -2.36. The summed E-state index contributed by atoms with van der Waals surface area (Å²) in [4.78, 5) is 44.9. The second-order valence-corrected chi connectivity index (χ2v) is 9.87. The summed E-state index contributed by atoms with van der Waals surface area (Å²) in [6.45, 7) is 3.62. The number of carbonyl (C=O) groups is 3. The molecule has 10 heteroatoms. The van der Waals surface area contributed by atoms with Gasteiger partial charge < -0.3 is 19.3 Å². The van der Waals surface area contributed by atoms with Crippen molar-refractivity contribution >= 4 is 57.4 Å². The lowest BCUT2D eigenvalue weighted by atomic mass is 10.2. The number of piperazine rings is 1. The molecular weight excluding hydrogens is 534 g/mol. The third-order valence-electron chi connectivity index (χ3n) is 5.76. The molecule has 2 heterocycles. The molecule has 0 bridgehead atoms. The SMILES string of the molecule is CCOC(=O)N1CCN(C(=O)CN2C(=O)/C(=C/c3ccc(OC)c(Br)c3)Sc3ccccc32)CC1. The molecule has 8 nitrogen and oxygen atoms in total. The normalized spacial score (nSPS) is 16.8. The summed E-state index contributed by atoms with van der Waals surface area (Å²) in [5, 5.41) is 0. The van der Waals surface area contributed by atoms with Crippen LogP contribution >= 0.6 is 27.7 Å². The third-order valence-corrected chi connectivity index (χ3v) is 7.45. The highest BCUT2D eigenvalue weighted by Gasteiger charge is 2.33. The van der Waals surface area contributed by atoms with Crippen LogP contribution < -0.4 is 9.64 Å². The minimum absolute atomic E-state index is 0.0700. The number of para-hydroxylation sites is 1. The van der Waals surface area contributed by atoms with Crippen LogP contribution in [0, 0.1) is 0 Å². The summed E-state index contributed by atoms with van der Waals surface area (Å²) in [6.07, 6.45) is 1.46. The second-order valence-electron chi connectivity index (χ2n) is 7.93. The van der Waals surface area contributed by atoms with Crippen molar-refractivity contribution in [3.63, 3.8) is 0 Å². The first kappa shape index (κ1) is 25.1. The van der Waals surface area contributed by atoms with Gasteiger partial charge in [-0.1, -0.05) is 30.0 Å². The number of nitrogens with zero attached hydrogens (tertiary/aromatic N) is 3.